The minimum absolute atomic E-state index is 0.295. The molecule has 0 aliphatic carbocycles. The fourth-order valence-electron chi connectivity index (χ4n) is 2.53. The molecule has 0 unspecified atom stereocenters. The standard InChI is InChI=1S/C19H19N3O4S/c1-24-14-7-5-4-6-12(14)11-17-21-22-19(27-17)20-18(23)13-8-9-15(25-2)16(10-13)26-3/h4-10H,11H2,1-3H3,(H,20,22,23). The first-order valence-corrected chi connectivity index (χ1v) is 8.94. The summed E-state index contributed by atoms with van der Waals surface area (Å²) in [7, 11) is 4.70. The number of nitrogens with one attached hydrogen (secondary N) is 1. The molecule has 1 heterocycles. The third kappa shape index (κ3) is 4.35. The maximum atomic E-state index is 12.5. The highest BCUT2D eigenvalue weighted by molar-refractivity contribution is 7.15. The van der Waals surface area contributed by atoms with Crippen molar-refractivity contribution in [3.05, 3.63) is 58.6 Å². The van der Waals surface area contributed by atoms with Crippen molar-refractivity contribution in [1.29, 1.82) is 0 Å². The number of aromatic nitrogens is 2. The van der Waals surface area contributed by atoms with Crippen molar-refractivity contribution in [2.75, 3.05) is 26.6 Å². The molecule has 0 fully saturated rings. The molecule has 27 heavy (non-hydrogen) atoms. The Labute approximate surface area is 160 Å². The van der Waals surface area contributed by atoms with Crippen molar-refractivity contribution < 1.29 is 19.0 Å². The summed E-state index contributed by atoms with van der Waals surface area (Å²) in [6.07, 6.45) is 0.577. The number of methoxy groups -OCH3 is 3. The molecule has 0 bridgehead atoms. The molecular weight excluding hydrogens is 366 g/mol. The van der Waals surface area contributed by atoms with Gasteiger partial charge >= 0.3 is 0 Å². The summed E-state index contributed by atoms with van der Waals surface area (Å²) in [5.41, 5.74) is 1.45. The van der Waals surface area contributed by atoms with E-state index in [1.807, 2.05) is 24.3 Å². The summed E-state index contributed by atoms with van der Waals surface area (Å²) in [6.45, 7) is 0. The second-order valence-electron chi connectivity index (χ2n) is 5.51. The lowest BCUT2D eigenvalue weighted by Gasteiger charge is -2.09. The van der Waals surface area contributed by atoms with Crippen molar-refractivity contribution in [2.24, 2.45) is 0 Å². The van der Waals surface area contributed by atoms with E-state index < -0.39 is 0 Å². The molecule has 0 saturated heterocycles. The van der Waals surface area contributed by atoms with E-state index in [-0.39, 0.29) is 5.91 Å². The summed E-state index contributed by atoms with van der Waals surface area (Å²) >= 11 is 1.32. The molecular formula is C19H19N3O4S. The highest BCUT2D eigenvalue weighted by Gasteiger charge is 2.14. The molecule has 0 saturated carbocycles. The van der Waals surface area contributed by atoms with Gasteiger partial charge in [-0.05, 0) is 24.3 Å². The number of carbonyl (C=O) groups excluding carboxylic acids is 1. The average Bonchev–Trinajstić information content (AvgIpc) is 3.14. The molecule has 0 atom stereocenters. The van der Waals surface area contributed by atoms with Gasteiger partial charge in [-0.1, -0.05) is 29.5 Å². The summed E-state index contributed by atoms with van der Waals surface area (Å²) in [4.78, 5) is 12.5. The van der Waals surface area contributed by atoms with Crippen LogP contribution < -0.4 is 19.5 Å². The van der Waals surface area contributed by atoms with Gasteiger partial charge in [0.1, 0.15) is 10.8 Å². The molecule has 3 aromatic rings. The van der Waals surface area contributed by atoms with Crippen molar-refractivity contribution >= 4 is 22.4 Å². The van der Waals surface area contributed by atoms with Gasteiger partial charge in [0, 0.05) is 17.5 Å². The zero-order chi connectivity index (χ0) is 19.2. The largest absolute Gasteiger partial charge is 0.496 e. The molecule has 2 aromatic carbocycles. The van der Waals surface area contributed by atoms with E-state index in [4.69, 9.17) is 14.2 Å². The van der Waals surface area contributed by atoms with Crippen LogP contribution in [0, 0.1) is 0 Å². The van der Waals surface area contributed by atoms with Gasteiger partial charge in [0.15, 0.2) is 11.5 Å². The first-order chi connectivity index (χ1) is 13.1. The quantitative estimate of drug-likeness (QED) is 0.671. The lowest BCUT2D eigenvalue weighted by Crippen LogP contribution is -2.11. The maximum absolute atomic E-state index is 12.5. The Kier molecular flexibility index (Phi) is 5.87. The van der Waals surface area contributed by atoms with Gasteiger partial charge in [0.2, 0.25) is 5.13 Å². The summed E-state index contributed by atoms with van der Waals surface area (Å²) in [5.74, 6) is 1.54. The number of carbonyl (C=O) groups is 1. The van der Waals surface area contributed by atoms with Crippen LogP contribution in [0.3, 0.4) is 0 Å². The van der Waals surface area contributed by atoms with Crippen molar-refractivity contribution in [1.82, 2.24) is 10.2 Å². The molecule has 0 aliphatic rings. The van der Waals surface area contributed by atoms with Crippen LogP contribution in [-0.4, -0.2) is 37.4 Å². The van der Waals surface area contributed by atoms with Gasteiger partial charge in [-0.15, -0.1) is 10.2 Å². The molecule has 0 radical (unpaired) electrons. The van der Waals surface area contributed by atoms with E-state index in [1.165, 1.54) is 18.4 Å². The van der Waals surface area contributed by atoms with E-state index >= 15 is 0 Å². The zero-order valence-electron chi connectivity index (χ0n) is 15.2. The monoisotopic (exact) mass is 385 g/mol. The first-order valence-electron chi connectivity index (χ1n) is 8.12. The fraction of sp³-hybridized carbons (Fsp3) is 0.211. The smallest absolute Gasteiger partial charge is 0.257 e. The second kappa shape index (κ2) is 8.50. The number of benzene rings is 2. The Morgan fingerprint density at radius 3 is 2.44 bits per heavy atom. The van der Waals surface area contributed by atoms with Crippen LogP contribution in [0.4, 0.5) is 5.13 Å². The van der Waals surface area contributed by atoms with E-state index in [0.717, 1.165) is 16.3 Å². The maximum Gasteiger partial charge on any atom is 0.257 e. The Bertz CT molecular complexity index is 942. The number of para-hydroxylation sites is 1. The fourth-order valence-corrected chi connectivity index (χ4v) is 3.29. The third-order valence-corrected chi connectivity index (χ3v) is 4.71. The lowest BCUT2D eigenvalue weighted by molar-refractivity contribution is 0.102. The number of anilines is 1. The average molecular weight is 385 g/mol. The number of rotatable bonds is 7. The topological polar surface area (TPSA) is 82.6 Å². The Morgan fingerprint density at radius 2 is 1.70 bits per heavy atom. The lowest BCUT2D eigenvalue weighted by atomic mass is 10.1. The number of nitrogens with zero attached hydrogens (tertiary/aromatic N) is 2. The summed E-state index contributed by atoms with van der Waals surface area (Å²) < 4.78 is 15.8. The molecule has 8 heteroatoms. The van der Waals surface area contributed by atoms with Gasteiger partial charge < -0.3 is 14.2 Å². The second-order valence-corrected chi connectivity index (χ2v) is 6.58. The van der Waals surface area contributed by atoms with Crippen LogP contribution in [0.15, 0.2) is 42.5 Å². The van der Waals surface area contributed by atoms with Crippen LogP contribution >= 0.6 is 11.3 Å². The van der Waals surface area contributed by atoms with Gasteiger partial charge in [-0.3, -0.25) is 10.1 Å². The summed E-state index contributed by atoms with van der Waals surface area (Å²) in [5, 5.41) is 12.2. The highest BCUT2D eigenvalue weighted by atomic mass is 32.1. The molecule has 7 nitrogen and oxygen atoms in total. The molecule has 0 aliphatic heterocycles. The molecule has 140 valence electrons. The first kappa shape index (κ1) is 18.7. The van der Waals surface area contributed by atoms with Gasteiger partial charge in [0.05, 0.1) is 21.3 Å². The minimum Gasteiger partial charge on any atom is -0.496 e. The van der Waals surface area contributed by atoms with Crippen LogP contribution in [0.1, 0.15) is 20.9 Å². The molecule has 1 amide bonds. The molecule has 1 aromatic heterocycles. The predicted octanol–water partition coefficient (Wildman–Crippen LogP) is 3.41. The van der Waals surface area contributed by atoms with E-state index in [9.17, 15) is 4.79 Å². The Balaban J connectivity index is 1.71. The molecule has 1 N–H and O–H groups in total. The van der Waals surface area contributed by atoms with Crippen molar-refractivity contribution in [3.8, 4) is 17.2 Å². The number of hydrogen-bond donors (Lipinski definition) is 1. The van der Waals surface area contributed by atoms with Gasteiger partial charge in [-0.2, -0.15) is 0 Å². The molecule has 0 spiro atoms. The SMILES string of the molecule is COc1ccccc1Cc1nnc(NC(=O)c2ccc(OC)c(OC)c2)s1. The Morgan fingerprint density at radius 1 is 0.963 bits per heavy atom. The van der Waals surface area contributed by atoms with Crippen LogP contribution in [0.5, 0.6) is 17.2 Å². The minimum atomic E-state index is -0.295. The van der Waals surface area contributed by atoms with Crippen LogP contribution in [0.2, 0.25) is 0 Å². The highest BCUT2D eigenvalue weighted by Crippen LogP contribution is 2.28. The van der Waals surface area contributed by atoms with Crippen LogP contribution in [-0.2, 0) is 6.42 Å². The number of hydrogen-bond acceptors (Lipinski definition) is 7. The predicted molar refractivity (Wildman–Crippen MR) is 103 cm³/mol. The van der Waals surface area contributed by atoms with Gasteiger partial charge in [0.25, 0.3) is 5.91 Å². The van der Waals surface area contributed by atoms with E-state index in [1.54, 1.807) is 32.4 Å². The third-order valence-electron chi connectivity index (χ3n) is 3.87. The zero-order valence-corrected chi connectivity index (χ0v) is 16.0. The van der Waals surface area contributed by atoms with E-state index in [0.29, 0.717) is 28.6 Å². The van der Waals surface area contributed by atoms with Crippen molar-refractivity contribution in [3.63, 3.8) is 0 Å². The van der Waals surface area contributed by atoms with Crippen molar-refractivity contribution in [2.45, 2.75) is 6.42 Å². The van der Waals surface area contributed by atoms with E-state index in [2.05, 4.69) is 15.5 Å². The Hall–Kier alpha value is -3.13. The normalized spacial score (nSPS) is 10.3. The number of amides is 1. The van der Waals surface area contributed by atoms with Gasteiger partial charge in [-0.25, -0.2) is 0 Å². The van der Waals surface area contributed by atoms with Crippen LogP contribution in [0.25, 0.3) is 0 Å². The summed E-state index contributed by atoms with van der Waals surface area (Å²) in [6, 6.07) is 12.7. The molecule has 3 rings (SSSR count). The number of ether oxygens (including phenoxy) is 3.